The molecule has 0 heterocycles. The molecule has 158 valence electrons. The molecule has 0 fully saturated rings. The maximum absolute atomic E-state index is 11.5. The standard InChI is InChI=1S/C20H43N3O2.ClH/c1-4-7-9-11-13-15-17-21-23(19(6-3)20(24)25)22-18-16-14-12-10-8-5-2;/h19,21-22H,4-18H2,1-3H3,(H,24,25);1H. The fourth-order valence-corrected chi connectivity index (χ4v) is 2.95. The Morgan fingerprint density at radius 1 is 0.769 bits per heavy atom. The van der Waals surface area contributed by atoms with Crippen LogP contribution in [0.5, 0.6) is 0 Å². The van der Waals surface area contributed by atoms with Gasteiger partial charge in [0.2, 0.25) is 0 Å². The molecule has 0 aliphatic carbocycles. The number of nitrogens with zero attached hydrogens (tertiary/aromatic N) is 1. The Kier molecular flexibility index (Phi) is 22.4. The van der Waals surface area contributed by atoms with Gasteiger partial charge in [-0.25, -0.2) is 10.9 Å². The van der Waals surface area contributed by atoms with Crippen LogP contribution in [0, 0.1) is 0 Å². The van der Waals surface area contributed by atoms with E-state index in [0.717, 1.165) is 25.9 Å². The van der Waals surface area contributed by atoms with E-state index in [0.29, 0.717) is 6.42 Å². The molecule has 26 heavy (non-hydrogen) atoms. The SMILES string of the molecule is CCCCCCCCNN(NCCCCCCCC)C(CC)C(=O)O.Cl. The second kappa shape index (κ2) is 20.9. The van der Waals surface area contributed by atoms with E-state index in [1.807, 2.05) is 6.92 Å². The van der Waals surface area contributed by atoms with Crippen molar-refractivity contribution in [2.24, 2.45) is 0 Å². The summed E-state index contributed by atoms with van der Waals surface area (Å²) >= 11 is 0. The van der Waals surface area contributed by atoms with Gasteiger partial charge in [0.05, 0.1) is 0 Å². The first kappa shape index (κ1) is 27.9. The highest BCUT2D eigenvalue weighted by Crippen LogP contribution is 2.06. The van der Waals surface area contributed by atoms with Crippen molar-refractivity contribution < 1.29 is 9.90 Å². The number of nitrogens with one attached hydrogen (secondary N) is 2. The summed E-state index contributed by atoms with van der Waals surface area (Å²) in [6.07, 6.45) is 15.5. The lowest BCUT2D eigenvalue weighted by molar-refractivity contribution is -0.147. The summed E-state index contributed by atoms with van der Waals surface area (Å²) in [5.41, 5.74) is 6.59. The Bertz CT molecular complexity index is 289. The maximum atomic E-state index is 11.5. The van der Waals surface area contributed by atoms with Gasteiger partial charge in [-0.3, -0.25) is 4.79 Å². The lowest BCUT2D eigenvalue weighted by Gasteiger charge is -2.29. The Hall–Kier alpha value is -0.360. The second-order valence-corrected chi connectivity index (χ2v) is 6.98. The van der Waals surface area contributed by atoms with Crippen LogP contribution < -0.4 is 10.9 Å². The predicted octanol–water partition coefficient (Wildman–Crippen LogP) is 5.30. The highest BCUT2D eigenvalue weighted by molar-refractivity contribution is 5.85. The normalized spacial score (nSPS) is 12.2. The molecule has 1 atom stereocenters. The van der Waals surface area contributed by atoms with E-state index in [9.17, 15) is 9.90 Å². The van der Waals surface area contributed by atoms with Crippen LogP contribution in [0.15, 0.2) is 0 Å². The van der Waals surface area contributed by atoms with Crippen molar-refractivity contribution >= 4 is 18.4 Å². The molecule has 0 amide bonds. The Morgan fingerprint density at radius 3 is 1.50 bits per heavy atom. The van der Waals surface area contributed by atoms with Crippen LogP contribution in [0.3, 0.4) is 0 Å². The minimum Gasteiger partial charge on any atom is -0.480 e. The summed E-state index contributed by atoms with van der Waals surface area (Å²) in [6.45, 7) is 8.04. The Balaban J connectivity index is 0. The number of unbranched alkanes of at least 4 members (excludes halogenated alkanes) is 10. The van der Waals surface area contributed by atoms with Gasteiger partial charge in [-0.2, -0.15) is 5.12 Å². The van der Waals surface area contributed by atoms with Crippen LogP contribution >= 0.6 is 12.4 Å². The third kappa shape index (κ3) is 15.9. The molecule has 0 aliphatic rings. The first-order valence-corrected chi connectivity index (χ1v) is 10.7. The van der Waals surface area contributed by atoms with Crippen LogP contribution in [-0.2, 0) is 4.79 Å². The number of hydrogen-bond donors (Lipinski definition) is 3. The van der Waals surface area contributed by atoms with E-state index in [4.69, 9.17) is 0 Å². The van der Waals surface area contributed by atoms with Gasteiger partial charge in [0.1, 0.15) is 6.04 Å². The number of carboxylic acids is 1. The Labute approximate surface area is 168 Å². The summed E-state index contributed by atoms with van der Waals surface area (Å²) in [6, 6.07) is -0.514. The van der Waals surface area contributed by atoms with Crippen molar-refractivity contribution in [2.45, 2.75) is 110 Å². The maximum Gasteiger partial charge on any atom is 0.323 e. The van der Waals surface area contributed by atoms with Crippen molar-refractivity contribution in [1.29, 1.82) is 0 Å². The van der Waals surface area contributed by atoms with Crippen molar-refractivity contribution in [3.05, 3.63) is 0 Å². The fraction of sp³-hybridized carbons (Fsp3) is 0.950. The molecular weight excluding hydrogens is 350 g/mol. The van der Waals surface area contributed by atoms with Gasteiger partial charge in [-0.15, -0.1) is 12.4 Å². The molecule has 0 radical (unpaired) electrons. The fourth-order valence-electron chi connectivity index (χ4n) is 2.95. The molecule has 5 nitrogen and oxygen atoms in total. The van der Waals surface area contributed by atoms with Gasteiger partial charge in [0.15, 0.2) is 0 Å². The number of hydrogen-bond acceptors (Lipinski definition) is 4. The largest absolute Gasteiger partial charge is 0.480 e. The van der Waals surface area contributed by atoms with Crippen LogP contribution in [-0.4, -0.2) is 35.3 Å². The molecule has 1 unspecified atom stereocenters. The topological polar surface area (TPSA) is 64.6 Å². The number of hydrazine groups is 2. The van der Waals surface area contributed by atoms with Crippen molar-refractivity contribution in [3.63, 3.8) is 0 Å². The number of halogens is 1. The summed E-state index contributed by atoms with van der Waals surface area (Å²) in [7, 11) is 0. The first-order chi connectivity index (χ1) is 12.2. The van der Waals surface area contributed by atoms with Crippen LogP contribution in [0.25, 0.3) is 0 Å². The zero-order chi connectivity index (χ0) is 18.8. The quantitative estimate of drug-likeness (QED) is 0.205. The van der Waals surface area contributed by atoms with E-state index < -0.39 is 12.0 Å². The molecule has 0 aromatic carbocycles. The molecule has 0 aliphatic heterocycles. The van der Waals surface area contributed by atoms with Crippen molar-refractivity contribution in [1.82, 2.24) is 16.0 Å². The lowest BCUT2D eigenvalue weighted by atomic mass is 10.1. The molecule has 0 saturated heterocycles. The predicted molar refractivity (Wildman–Crippen MR) is 114 cm³/mol. The molecule has 0 rings (SSSR count). The third-order valence-corrected chi connectivity index (χ3v) is 4.61. The molecule has 0 spiro atoms. The third-order valence-electron chi connectivity index (χ3n) is 4.61. The summed E-state index contributed by atoms with van der Waals surface area (Å²) in [5, 5.41) is 11.2. The average molecular weight is 394 g/mol. The lowest BCUT2D eigenvalue weighted by Crippen LogP contribution is -2.57. The molecular formula is C20H44ClN3O2. The Morgan fingerprint density at radius 2 is 1.15 bits per heavy atom. The van der Waals surface area contributed by atoms with E-state index in [1.165, 1.54) is 64.2 Å². The van der Waals surface area contributed by atoms with Crippen molar-refractivity contribution in [2.75, 3.05) is 13.1 Å². The minimum atomic E-state index is -0.770. The van der Waals surface area contributed by atoms with Gasteiger partial charge in [-0.1, -0.05) is 85.0 Å². The summed E-state index contributed by atoms with van der Waals surface area (Å²) < 4.78 is 0. The van der Waals surface area contributed by atoms with Crippen molar-refractivity contribution in [3.8, 4) is 0 Å². The summed E-state index contributed by atoms with van der Waals surface area (Å²) in [5.74, 6) is -0.770. The van der Waals surface area contributed by atoms with Crippen LogP contribution in [0.2, 0.25) is 0 Å². The van der Waals surface area contributed by atoms with Crippen LogP contribution in [0.1, 0.15) is 104 Å². The average Bonchev–Trinajstić information content (AvgIpc) is 2.59. The highest BCUT2D eigenvalue weighted by Gasteiger charge is 2.23. The van der Waals surface area contributed by atoms with Gasteiger partial charge < -0.3 is 5.11 Å². The van der Waals surface area contributed by atoms with Crippen LogP contribution in [0.4, 0.5) is 0 Å². The molecule has 6 heteroatoms. The van der Waals surface area contributed by atoms with Gasteiger partial charge in [0.25, 0.3) is 0 Å². The van der Waals surface area contributed by atoms with Gasteiger partial charge in [-0.05, 0) is 19.3 Å². The zero-order valence-corrected chi connectivity index (χ0v) is 18.2. The minimum absolute atomic E-state index is 0. The number of carboxylic acid groups (broad SMARTS) is 1. The molecule has 0 aromatic heterocycles. The van der Waals surface area contributed by atoms with E-state index in [-0.39, 0.29) is 12.4 Å². The van der Waals surface area contributed by atoms with E-state index in [2.05, 4.69) is 24.7 Å². The number of carbonyl (C=O) groups is 1. The van der Waals surface area contributed by atoms with E-state index in [1.54, 1.807) is 5.12 Å². The number of aliphatic carboxylic acids is 1. The first-order valence-electron chi connectivity index (χ1n) is 10.7. The number of rotatable bonds is 19. The second-order valence-electron chi connectivity index (χ2n) is 6.98. The van der Waals surface area contributed by atoms with E-state index >= 15 is 0 Å². The summed E-state index contributed by atoms with van der Waals surface area (Å²) in [4.78, 5) is 11.5. The molecule has 0 aromatic rings. The molecule has 0 bridgehead atoms. The zero-order valence-electron chi connectivity index (χ0n) is 17.4. The molecule has 3 N–H and O–H groups in total. The monoisotopic (exact) mass is 393 g/mol. The highest BCUT2D eigenvalue weighted by atomic mass is 35.5. The van der Waals surface area contributed by atoms with Gasteiger partial charge in [0, 0.05) is 13.1 Å². The smallest absolute Gasteiger partial charge is 0.323 e. The molecule has 0 saturated carbocycles. The van der Waals surface area contributed by atoms with Gasteiger partial charge >= 0.3 is 5.97 Å².